The first-order valence-electron chi connectivity index (χ1n) is 9.82. The van der Waals surface area contributed by atoms with E-state index < -0.39 is 0 Å². The number of hydrogen-bond acceptors (Lipinski definition) is 3. The van der Waals surface area contributed by atoms with Crippen molar-refractivity contribution in [3.63, 3.8) is 0 Å². The SMILES string of the molecule is CN1C(=O)COc2cc(Nc3ccc(C4CCC(C)(C)CC4)cc3)ccc21. The van der Waals surface area contributed by atoms with Crippen LogP contribution >= 0.6 is 0 Å². The summed E-state index contributed by atoms with van der Waals surface area (Å²) in [6.45, 7) is 4.86. The minimum absolute atomic E-state index is 0.0232. The van der Waals surface area contributed by atoms with E-state index in [-0.39, 0.29) is 12.5 Å². The molecule has 142 valence electrons. The summed E-state index contributed by atoms with van der Waals surface area (Å²) in [7, 11) is 1.78. The number of hydrogen-bond donors (Lipinski definition) is 1. The molecule has 2 aliphatic rings. The lowest BCUT2D eigenvalue weighted by Crippen LogP contribution is -2.35. The van der Waals surface area contributed by atoms with Crippen LogP contribution in [0, 0.1) is 5.41 Å². The van der Waals surface area contributed by atoms with Gasteiger partial charge < -0.3 is 15.0 Å². The molecule has 0 aromatic heterocycles. The van der Waals surface area contributed by atoms with Gasteiger partial charge in [-0.05, 0) is 66.8 Å². The van der Waals surface area contributed by atoms with E-state index in [1.54, 1.807) is 11.9 Å². The molecule has 2 aromatic carbocycles. The molecule has 1 saturated carbocycles. The summed E-state index contributed by atoms with van der Waals surface area (Å²) in [5.41, 5.74) is 4.79. The Balaban J connectivity index is 1.44. The highest BCUT2D eigenvalue weighted by molar-refractivity contribution is 5.97. The Bertz CT molecular complexity index is 832. The van der Waals surface area contributed by atoms with Gasteiger partial charge in [-0.2, -0.15) is 0 Å². The van der Waals surface area contributed by atoms with Gasteiger partial charge in [0.2, 0.25) is 0 Å². The van der Waals surface area contributed by atoms with Crippen LogP contribution in [0.4, 0.5) is 17.1 Å². The highest BCUT2D eigenvalue weighted by Crippen LogP contribution is 2.42. The average Bonchev–Trinajstić information content (AvgIpc) is 2.66. The smallest absolute Gasteiger partial charge is 0.264 e. The molecule has 0 spiro atoms. The molecule has 1 heterocycles. The lowest BCUT2D eigenvalue weighted by molar-refractivity contribution is -0.120. The van der Waals surface area contributed by atoms with E-state index in [2.05, 4.69) is 43.4 Å². The molecule has 1 fully saturated rings. The van der Waals surface area contributed by atoms with Crippen molar-refractivity contribution >= 4 is 23.0 Å². The number of nitrogens with one attached hydrogen (secondary N) is 1. The van der Waals surface area contributed by atoms with Crippen LogP contribution in [-0.4, -0.2) is 19.6 Å². The minimum Gasteiger partial charge on any atom is -0.481 e. The Labute approximate surface area is 161 Å². The lowest BCUT2D eigenvalue weighted by atomic mass is 9.71. The molecule has 1 aliphatic carbocycles. The summed E-state index contributed by atoms with van der Waals surface area (Å²) in [4.78, 5) is 13.4. The fraction of sp³-hybridized carbons (Fsp3) is 0.435. The Morgan fingerprint density at radius 1 is 1.04 bits per heavy atom. The molecule has 4 nitrogen and oxygen atoms in total. The van der Waals surface area contributed by atoms with Gasteiger partial charge in [0.05, 0.1) is 5.69 Å². The van der Waals surface area contributed by atoms with Crippen molar-refractivity contribution in [2.45, 2.75) is 45.4 Å². The maximum Gasteiger partial charge on any atom is 0.264 e. The van der Waals surface area contributed by atoms with Gasteiger partial charge in [0.25, 0.3) is 5.91 Å². The molecule has 0 radical (unpaired) electrons. The molecule has 0 bridgehead atoms. The number of nitrogens with zero attached hydrogens (tertiary/aromatic N) is 1. The number of benzene rings is 2. The lowest BCUT2D eigenvalue weighted by Gasteiger charge is -2.34. The first kappa shape index (κ1) is 17.9. The molecular weight excluding hydrogens is 336 g/mol. The second-order valence-corrected chi connectivity index (χ2v) is 8.61. The normalized spacial score (nSPS) is 19.4. The highest BCUT2D eigenvalue weighted by Gasteiger charge is 2.27. The molecule has 1 aliphatic heterocycles. The van der Waals surface area contributed by atoms with Gasteiger partial charge in [-0.3, -0.25) is 4.79 Å². The van der Waals surface area contributed by atoms with E-state index in [0.717, 1.165) is 22.8 Å². The zero-order chi connectivity index (χ0) is 19.0. The van der Waals surface area contributed by atoms with Crippen molar-refractivity contribution in [1.29, 1.82) is 0 Å². The Morgan fingerprint density at radius 2 is 1.70 bits per heavy atom. The van der Waals surface area contributed by atoms with Crippen LogP contribution in [0.5, 0.6) is 5.75 Å². The predicted molar refractivity (Wildman–Crippen MR) is 110 cm³/mol. The summed E-state index contributed by atoms with van der Waals surface area (Å²) in [5.74, 6) is 1.41. The number of ether oxygens (including phenoxy) is 1. The fourth-order valence-corrected chi connectivity index (χ4v) is 4.09. The number of amides is 1. The van der Waals surface area contributed by atoms with E-state index in [1.807, 2.05) is 18.2 Å². The monoisotopic (exact) mass is 364 g/mol. The number of carbonyl (C=O) groups excluding carboxylic acids is 1. The minimum atomic E-state index is -0.0232. The van der Waals surface area contributed by atoms with Crippen LogP contribution in [0.3, 0.4) is 0 Å². The second-order valence-electron chi connectivity index (χ2n) is 8.61. The molecule has 0 unspecified atom stereocenters. The molecule has 0 saturated heterocycles. The van der Waals surface area contributed by atoms with Crippen molar-refractivity contribution in [3.8, 4) is 5.75 Å². The summed E-state index contributed by atoms with van der Waals surface area (Å²) in [6.07, 6.45) is 5.19. The van der Waals surface area contributed by atoms with Gasteiger partial charge in [0.1, 0.15) is 5.75 Å². The van der Waals surface area contributed by atoms with Crippen LogP contribution in [-0.2, 0) is 4.79 Å². The van der Waals surface area contributed by atoms with Crippen molar-refractivity contribution in [2.75, 3.05) is 23.9 Å². The molecule has 0 atom stereocenters. The van der Waals surface area contributed by atoms with Crippen molar-refractivity contribution in [2.24, 2.45) is 5.41 Å². The number of carbonyl (C=O) groups is 1. The van der Waals surface area contributed by atoms with E-state index in [1.165, 1.54) is 31.2 Å². The predicted octanol–water partition coefficient (Wildman–Crippen LogP) is 5.47. The molecular formula is C23H28N2O2. The number of rotatable bonds is 3. The third-order valence-corrected chi connectivity index (χ3v) is 6.06. The average molecular weight is 364 g/mol. The number of likely N-dealkylation sites (N-methyl/N-ethyl adjacent to an activating group) is 1. The summed E-state index contributed by atoms with van der Waals surface area (Å²) < 4.78 is 5.57. The summed E-state index contributed by atoms with van der Waals surface area (Å²) in [5, 5.41) is 3.44. The van der Waals surface area contributed by atoms with Crippen molar-refractivity contribution in [1.82, 2.24) is 0 Å². The zero-order valence-electron chi connectivity index (χ0n) is 16.4. The van der Waals surface area contributed by atoms with Gasteiger partial charge in [-0.1, -0.05) is 26.0 Å². The maximum atomic E-state index is 11.7. The van der Waals surface area contributed by atoms with Gasteiger partial charge >= 0.3 is 0 Å². The van der Waals surface area contributed by atoms with Crippen LogP contribution in [0.15, 0.2) is 42.5 Å². The van der Waals surface area contributed by atoms with Gasteiger partial charge in [-0.15, -0.1) is 0 Å². The van der Waals surface area contributed by atoms with E-state index in [0.29, 0.717) is 11.3 Å². The van der Waals surface area contributed by atoms with Crippen LogP contribution in [0.2, 0.25) is 0 Å². The third-order valence-electron chi connectivity index (χ3n) is 6.06. The first-order valence-corrected chi connectivity index (χ1v) is 9.82. The van der Waals surface area contributed by atoms with E-state index in [4.69, 9.17) is 4.74 Å². The molecule has 27 heavy (non-hydrogen) atoms. The standard InChI is InChI=1S/C23H28N2O2/c1-23(2)12-10-17(11-13-23)16-4-6-18(7-5-16)24-19-8-9-20-21(14-19)27-15-22(26)25(20)3/h4-9,14,17,24H,10-13,15H2,1-3H3. The van der Waals surface area contributed by atoms with Crippen LogP contribution < -0.4 is 15.0 Å². The molecule has 2 aromatic rings. The zero-order valence-corrected chi connectivity index (χ0v) is 16.4. The topological polar surface area (TPSA) is 41.6 Å². The number of anilines is 3. The number of fused-ring (bicyclic) bond motifs is 1. The van der Waals surface area contributed by atoms with Gasteiger partial charge in [-0.25, -0.2) is 0 Å². The highest BCUT2D eigenvalue weighted by atomic mass is 16.5. The van der Waals surface area contributed by atoms with Crippen LogP contribution in [0.1, 0.15) is 51.0 Å². The van der Waals surface area contributed by atoms with Crippen LogP contribution in [0.25, 0.3) is 0 Å². The van der Waals surface area contributed by atoms with Gasteiger partial charge in [0.15, 0.2) is 6.61 Å². The molecule has 1 N–H and O–H groups in total. The Morgan fingerprint density at radius 3 is 2.41 bits per heavy atom. The molecule has 4 rings (SSSR count). The molecule has 4 heteroatoms. The Kier molecular flexibility index (Phi) is 4.58. The largest absolute Gasteiger partial charge is 0.481 e. The van der Waals surface area contributed by atoms with Gasteiger partial charge in [0, 0.05) is 24.5 Å². The van der Waals surface area contributed by atoms with E-state index >= 15 is 0 Å². The molecule has 1 amide bonds. The summed E-state index contributed by atoms with van der Waals surface area (Å²) in [6, 6.07) is 14.7. The van der Waals surface area contributed by atoms with Crippen molar-refractivity contribution in [3.05, 3.63) is 48.0 Å². The van der Waals surface area contributed by atoms with E-state index in [9.17, 15) is 4.79 Å². The first-order chi connectivity index (χ1) is 12.9. The second kappa shape index (κ2) is 6.91. The summed E-state index contributed by atoms with van der Waals surface area (Å²) >= 11 is 0. The Hall–Kier alpha value is -2.49. The quantitative estimate of drug-likeness (QED) is 0.785. The fourth-order valence-electron chi connectivity index (χ4n) is 4.09. The maximum absolute atomic E-state index is 11.7. The third kappa shape index (κ3) is 3.80. The van der Waals surface area contributed by atoms with Crippen molar-refractivity contribution < 1.29 is 9.53 Å².